The summed E-state index contributed by atoms with van der Waals surface area (Å²) in [6, 6.07) is 9.51. The van der Waals surface area contributed by atoms with E-state index in [0.717, 1.165) is 10.0 Å². The van der Waals surface area contributed by atoms with Crippen molar-refractivity contribution in [2.45, 2.75) is 0 Å². The summed E-state index contributed by atoms with van der Waals surface area (Å²) in [6.07, 6.45) is 0. The minimum absolute atomic E-state index is 0.117. The summed E-state index contributed by atoms with van der Waals surface area (Å²) in [6.45, 7) is 0. The maximum absolute atomic E-state index is 9.00. The molecular formula is C12H6ClN3OSe. The molecule has 0 saturated carbocycles. The summed E-state index contributed by atoms with van der Waals surface area (Å²) in [5.74, 6) is 0.117. The van der Waals surface area contributed by atoms with Crippen molar-refractivity contribution in [3.8, 4) is 16.1 Å². The zero-order valence-corrected chi connectivity index (χ0v) is 11.4. The number of aromatic nitrogens is 1. The van der Waals surface area contributed by atoms with Gasteiger partial charge in [-0.2, -0.15) is 0 Å². The Labute approximate surface area is 114 Å². The van der Waals surface area contributed by atoms with Crippen molar-refractivity contribution in [2.75, 3.05) is 5.73 Å². The molecule has 6 heteroatoms. The molecule has 3 aromatic rings. The number of nitriles is 1. The number of halogens is 1. The molecule has 0 spiro atoms. The molecular weight excluding hydrogens is 317 g/mol. The van der Waals surface area contributed by atoms with Gasteiger partial charge in [0, 0.05) is 0 Å². The molecule has 88 valence electrons. The van der Waals surface area contributed by atoms with Gasteiger partial charge in [-0.1, -0.05) is 0 Å². The summed E-state index contributed by atoms with van der Waals surface area (Å²) < 4.78 is 10.7. The van der Waals surface area contributed by atoms with E-state index in [4.69, 9.17) is 27.0 Å². The van der Waals surface area contributed by atoms with Crippen LogP contribution in [0.15, 0.2) is 28.7 Å². The Morgan fingerprint density at radius 3 is 2.89 bits per heavy atom. The third-order valence-electron chi connectivity index (χ3n) is 2.58. The first-order chi connectivity index (χ1) is 8.72. The van der Waals surface area contributed by atoms with Crippen LogP contribution in [-0.2, 0) is 0 Å². The number of nitrogen functional groups attached to an aromatic ring is 1. The Bertz CT molecular complexity index is 784. The van der Waals surface area contributed by atoms with E-state index in [1.54, 1.807) is 0 Å². The van der Waals surface area contributed by atoms with Gasteiger partial charge in [0.2, 0.25) is 0 Å². The minimum atomic E-state index is -0.140. The molecule has 0 aliphatic carbocycles. The summed E-state index contributed by atoms with van der Waals surface area (Å²) in [5.41, 5.74) is 8.00. The quantitative estimate of drug-likeness (QED) is 0.699. The molecule has 2 heterocycles. The van der Waals surface area contributed by atoms with Gasteiger partial charge in [-0.3, -0.25) is 0 Å². The molecule has 0 fully saturated rings. The first-order valence-electron chi connectivity index (χ1n) is 5.05. The fraction of sp³-hybridized carbons (Fsp3) is 0. The third-order valence-corrected chi connectivity index (χ3v) is 4.71. The molecule has 1 aromatic carbocycles. The molecule has 0 aliphatic heterocycles. The first-order valence-corrected chi connectivity index (χ1v) is 7.05. The monoisotopic (exact) mass is 323 g/mol. The third kappa shape index (κ3) is 1.55. The van der Waals surface area contributed by atoms with Crippen molar-refractivity contribution >= 4 is 43.3 Å². The number of hydrogen-bond donors (Lipinski definition) is 1. The van der Waals surface area contributed by atoms with Crippen LogP contribution in [0.4, 0.5) is 5.88 Å². The van der Waals surface area contributed by atoms with Gasteiger partial charge in [0.05, 0.1) is 0 Å². The predicted molar refractivity (Wildman–Crippen MR) is 70.5 cm³/mol. The van der Waals surface area contributed by atoms with Gasteiger partial charge in [0.25, 0.3) is 0 Å². The van der Waals surface area contributed by atoms with Gasteiger partial charge in [0.15, 0.2) is 0 Å². The molecule has 18 heavy (non-hydrogen) atoms. The van der Waals surface area contributed by atoms with Crippen LogP contribution in [0, 0.1) is 11.3 Å². The van der Waals surface area contributed by atoms with Crippen molar-refractivity contribution in [3.63, 3.8) is 0 Å². The second-order valence-corrected chi connectivity index (χ2v) is 5.65. The van der Waals surface area contributed by atoms with E-state index in [-0.39, 0.29) is 20.6 Å². The van der Waals surface area contributed by atoms with Crippen molar-refractivity contribution in [2.24, 2.45) is 0 Å². The van der Waals surface area contributed by atoms with Crippen molar-refractivity contribution in [3.05, 3.63) is 34.9 Å². The normalized spacial score (nSPS) is 10.7. The maximum atomic E-state index is 9.00. The van der Waals surface area contributed by atoms with Crippen molar-refractivity contribution < 1.29 is 4.42 Å². The van der Waals surface area contributed by atoms with Crippen LogP contribution in [0.3, 0.4) is 0 Å². The Hall–Kier alpha value is -1.73. The van der Waals surface area contributed by atoms with Gasteiger partial charge in [-0.05, 0) is 0 Å². The number of hydrogen-bond acceptors (Lipinski definition) is 4. The van der Waals surface area contributed by atoms with Crippen LogP contribution < -0.4 is 5.73 Å². The van der Waals surface area contributed by atoms with E-state index in [1.807, 2.05) is 30.3 Å². The van der Waals surface area contributed by atoms with E-state index in [2.05, 4.69) is 3.98 Å². The number of rotatable bonds is 1. The number of nitrogens with zero attached hydrogens (tertiary/aromatic N) is 2. The van der Waals surface area contributed by atoms with E-state index < -0.39 is 0 Å². The van der Waals surface area contributed by atoms with E-state index in [9.17, 15) is 0 Å². The second kappa shape index (κ2) is 4.18. The summed E-state index contributed by atoms with van der Waals surface area (Å²) in [4.78, 5) is 0. The molecule has 0 atom stereocenters. The number of nitrogens with two attached hydrogens (primary N) is 1. The van der Waals surface area contributed by atoms with Crippen LogP contribution in [0.2, 0.25) is 5.02 Å². The topological polar surface area (TPSA) is 75.8 Å². The summed E-state index contributed by atoms with van der Waals surface area (Å²) in [5, 5.41) is 9.65. The Morgan fingerprint density at radius 1 is 1.39 bits per heavy atom. The van der Waals surface area contributed by atoms with Crippen LogP contribution in [0.1, 0.15) is 5.56 Å². The summed E-state index contributed by atoms with van der Waals surface area (Å²) in [7, 11) is 0. The van der Waals surface area contributed by atoms with Crippen molar-refractivity contribution in [1.29, 1.82) is 5.26 Å². The summed E-state index contributed by atoms with van der Waals surface area (Å²) >= 11 is 6.02. The molecule has 0 saturated heterocycles. The molecule has 4 nitrogen and oxygen atoms in total. The van der Waals surface area contributed by atoms with Crippen LogP contribution in [-0.4, -0.2) is 18.7 Å². The number of fused-ring (bicyclic) bond motifs is 1. The zero-order valence-electron chi connectivity index (χ0n) is 8.98. The molecule has 0 bridgehead atoms. The molecule has 3 rings (SSSR count). The SMILES string of the molecule is N#Cc1c(N)oc2c(-c3ccccc3Cl)[se]nc12. The zero-order chi connectivity index (χ0) is 12.7. The van der Waals surface area contributed by atoms with E-state index >= 15 is 0 Å². The Kier molecular flexibility index (Phi) is 2.64. The average Bonchev–Trinajstić information content (AvgIpc) is 2.88. The number of benzene rings is 1. The van der Waals surface area contributed by atoms with Gasteiger partial charge in [0.1, 0.15) is 0 Å². The van der Waals surface area contributed by atoms with Gasteiger partial charge in [-0.15, -0.1) is 0 Å². The van der Waals surface area contributed by atoms with Crippen LogP contribution >= 0.6 is 11.6 Å². The van der Waals surface area contributed by atoms with Gasteiger partial charge < -0.3 is 0 Å². The average molecular weight is 323 g/mol. The fourth-order valence-electron chi connectivity index (χ4n) is 1.74. The van der Waals surface area contributed by atoms with Crippen molar-refractivity contribution in [1.82, 2.24) is 3.98 Å². The predicted octanol–water partition coefficient (Wildman–Crippen LogP) is 2.66. The molecule has 0 aliphatic rings. The van der Waals surface area contributed by atoms with Crippen LogP contribution in [0.25, 0.3) is 21.1 Å². The molecule has 2 N–H and O–H groups in total. The Morgan fingerprint density at radius 2 is 2.17 bits per heavy atom. The second-order valence-electron chi connectivity index (χ2n) is 3.62. The van der Waals surface area contributed by atoms with Gasteiger partial charge >= 0.3 is 114 Å². The van der Waals surface area contributed by atoms with Crippen LogP contribution in [0.5, 0.6) is 0 Å². The van der Waals surface area contributed by atoms with E-state index in [1.165, 1.54) is 0 Å². The molecule has 0 unspecified atom stereocenters. The Balaban J connectivity index is 2.33. The number of furan rings is 1. The first kappa shape index (κ1) is 11.4. The molecule has 2 aromatic heterocycles. The molecule has 0 radical (unpaired) electrons. The van der Waals surface area contributed by atoms with E-state index in [0.29, 0.717) is 21.7 Å². The molecule has 0 amide bonds. The van der Waals surface area contributed by atoms with Gasteiger partial charge in [-0.25, -0.2) is 0 Å². The number of anilines is 1. The fourth-order valence-corrected chi connectivity index (χ4v) is 3.89. The standard InChI is InChI=1S/C12H6ClN3OSe/c13-8-4-2-1-3-6(8)11-10-9(16-18-11)7(5-14)12(15)17-10/h1-4H,15H2.